The standard InChI is InChI=1S/C15H18N2O/c1-2-16-10-14-8-9-15(11-17-14)18-12-13-6-4-3-5-7-13/h3-9,11,16H,2,10,12H2,1H3. The molecule has 1 aromatic heterocycles. The largest absolute Gasteiger partial charge is 0.487 e. The zero-order valence-corrected chi connectivity index (χ0v) is 10.6. The lowest BCUT2D eigenvalue weighted by Crippen LogP contribution is -2.12. The van der Waals surface area contributed by atoms with E-state index in [4.69, 9.17) is 4.74 Å². The zero-order valence-electron chi connectivity index (χ0n) is 10.6. The average molecular weight is 242 g/mol. The van der Waals surface area contributed by atoms with Crippen LogP contribution >= 0.6 is 0 Å². The van der Waals surface area contributed by atoms with Crippen LogP contribution in [0.2, 0.25) is 0 Å². The first-order valence-corrected chi connectivity index (χ1v) is 6.21. The van der Waals surface area contributed by atoms with Gasteiger partial charge < -0.3 is 10.1 Å². The summed E-state index contributed by atoms with van der Waals surface area (Å²) in [6.07, 6.45) is 1.77. The van der Waals surface area contributed by atoms with Crippen LogP contribution in [-0.4, -0.2) is 11.5 Å². The highest BCUT2D eigenvalue weighted by molar-refractivity contribution is 5.21. The van der Waals surface area contributed by atoms with Gasteiger partial charge in [-0.3, -0.25) is 4.98 Å². The van der Waals surface area contributed by atoms with Crippen LogP contribution < -0.4 is 10.1 Å². The zero-order chi connectivity index (χ0) is 12.6. The molecule has 94 valence electrons. The van der Waals surface area contributed by atoms with Crippen molar-refractivity contribution in [1.82, 2.24) is 10.3 Å². The SMILES string of the molecule is CCNCc1ccc(OCc2ccccc2)cn1. The Balaban J connectivity index is 1.86. The first kappa shape index (κ1) is 12.6. The Hall–Kier alpha value is -1.87. The van der Waals surface area contributed by atoms with Crippen LogP contribution in [0.4, 0.5) is 0 Å². The Bertz CT molecular complexity index is 454. The fraction of sp³-hybridized carbons (Fsp3) is 0.267. The topological polar surface area (TPSA) is 34.1 Å². The van der Waals surface area contributed by atoms with Gasteiger partial charge in [-0.05, 0) is 24.2 Å². The molecule has 2 rings (SSSR count). The normalized spacial score (nSPS) is 10.3. The lowest BCUT2D eigenvalue weighted by molar-refractivity contribution is 0.305. The molecule has 0 aliphatic carbocycles. The third-order valence-corrected chi connectivity index (χ3v) is 2.60. The Kier molecular flexibility index (Phi) is 4.73. The fourth-order valence-electron chi connectivity index (χ4n) is 1.59. The molecule has 0 unspecified atom stereocenters. The van der Waals surface area contributed by atoms with E-state index >= 15 is 0 Å². The van der Waals surface area contributed by atoms with Crippen molar-refractivity contribution in [2.45, 2.75) is 20.1 Å². The summed E-state index contributed by atoms with van der Waals surface area (Å²) in [5.74, 6) is 0.805. The van der Waals surface area contributed by atoms with E-state index in [-0.39, 0.29) is 0 Å². The Morgan fingerprint density at radius 1 is 1.11 bits per heavy atom. The van der Waals surface area contributed by atoms with Crippen LogP contribution in [0.1, 0.15) is 18.2 Å². The van der Waals surface area contributed by atoms with E-state index < -0.39 is 0 Å². The van der Waals surface area contributed by atoms with Crippen molar-refractivity contribution in [1.29, 1.82) is 0 Å². The van der Waals surface area contributed by atoms with Gasteiger partial charge in [-0.1, -0.05) is 37.3 Å². The molecule has 3 nitrogen and oxygen atoms in total. The fourth-order valence-corrected chi connectivity index (χ4v) is 1.59. The van der Waals surface area contributed by atoms with E-state index in [1.54, 1.807) is 6.20 Å². The van der Waals surface area contributed by atoms with Crippen LogP contribution in [0, 0.1) is 0 Å². The maximum Gasteiger partial charge on any atom is 0.138 e. The molecule has 0 saturated heterocycles. The van der Waals surface area contributed by atoms with Crippen molar-refractivity contribution < 1.29 is 4.74 Å². The summed E-state index contributed by atoms with van der Waals surface area (Å²) in [6.45, 7) is 4.41. The molecule has 1 aromatic carbocycles. The van der Waals surface area contributed by atoms with Gasteiger partial charge in [-0.15, -0.1) is 0 Å². The van der Waals surface area contributed by atoms with Crippen molar-refractivity contribution >= 4 is 0 Å². The monoisotopic (exact) mass is 242 g/mol. The first-order chi connectivity index (χ1) is 8.88. The quantitative estimate of drug-likeness (QED) is 0.845. The second-order valence-corrected chi connectivity index (χ2v) is 4.04. The predicted molar refractivity (Wildman–Crippen MR) is 72.4 cm³/mol. The third kappa shape index (κ3) is 3.86. The van der Waals surface area contributed by atoms with E-state index in [1.165, 1.54) is 0 Å². The molecule has 1 N–H and O–H groups in total. The van der Waals surface area contributed by atoms with Gasteiger partial charge in [0, 0.05) is 6.54 Å². The number of hydrogen-bond donors (Lipinski definition) is 1. The smallest absolute Gasteiger partial charge is 0.138 e. The van der Waals surface area contributed by atoms with Gasteiger partial charge in [0.1, 0.15) is 12.4 Å². The minimum atomic E-state index is 0.578. The molecule has 0 aliphatic rings. The maximum atomic E-state index is 5.67. The van der Waals surface area contributed by atoms with Crippen LogP contribution in [0.5, 0.6) is 5.75 Å². The number of nitrogens with zero attached hydrogens (tertiary/aromatic N) is 1. The second-order valence-electron chi connectivity index (χ2n) is 4.04. The summed E-state index contributed by atoms with van der Waals surface area (Å²) >= 11 is 0. The highest BCUT2D eigenvalue weighted by Gasteiger charge is 1.97. The molecule has 0 fully saturated rings. The Morgan fingerprint density at radius 3 is 2.61 bits per heavy atom. The van der Waals surface area contributed by atoms with E-state index in [0.29, 0.717) is 6.61 Å². The van der Waals surface area contributed by atoms with Gasteiger partial charge >= 0.3 is 0 Å². The summed E-state index contributed by atoms with van der Waals surface area (Å²) in [5.41, 5.74) is 2.19. The number of rotatable bonds is 6. The highest BCUT2D eigenvalue weighted by Crippen LogP contribution is 2.11. The minimum absolute atomic E-state index is 0.578. The average Bonchev–Trinajstić information content (AvgIpc) is 2.45. The van der Waals surface area contributed by atoms with Crippen LogP contribution in [0.3, 0.4) is 0 Å². The van der Waals surface area contributed by atoms with Crippen LogP contribution in [0.25, 0.3) is 0 Å². The molecular weight excluding hydrogens is 224 g/mol. The number of benzene rings is 1. The maximum absolute atomic E-state index is 5.67. The molecule has 0 atom stereocenters. The lowest BCUT2D eigenvalue weighted by atomic mass is 10.2. The highest BCUT2D eigenvalue weighted by atomic mass is 16.5. The second kappa shape index (κ2) is 6.77. The molecule has 0 bridgehead atoms. The van der Waals surface area contributed by atoms with E-state index in [9.17, 15) is 0 Å². The van der Waals surface area contributed by atoms with Crippen molar-refractivity contribution in [2.75, 3.05) is 6.54 Å². The van der Waals surface area contributed by atoms with Crippen molar-refractivity contribution in [2.24, 2.45) is 0 Å². The molecule has 3 heteroatoms. The molecule has 0 saturated carbocycles. The van der Waals surface area contributed by atoms with Crippen LogP contribution in [0.15, 0.2) is 48.7 Å². The number of hydrogen-bond acceptors (Lipinski definition) is 3. The molecule has 2 aromatic rings. The molecule has 0 radical (unpaired) electrons. The third-order valence-electron chi connectivity index (χ3n) is 2.60. The molecular formula is C15H18N2O. The summed E-state index contributed by atoms with van der Waals surface area (Å²) < 4.78 is 5.67. The first-order valence-electron chi connectivity index (χ1n) is 6.21. The van der Waals surface area contributed by atoms with E-state index in [0.717, 1.165) is 30.1 Å². The summed E-state index contributed by atoms with van der Waals surface area (Å²) in [5, 5.41) is 3.24. The van der Waals surface area contributed by atoms with Crippen molar-refractivity contribution in [3.05, 3.63) is 59.9 Å². The number of aromatic nitrogens is 1. The molecule has 1 heterocycles. The molecule has 0 spiro atoms. The molecule has 0 amide bonds. The van der Waals surface area contributed by atoms with E-state index in [1.807, 2.05) is 42.5 Å². The van der Waals surface area contributed by atoms with Gasteiger partial charge in [0.05, 0.1) is 11.9 Å². The summed E-state index contributed by atoms with van der Waals surface area (Å²) in [7, 11) is 0. The van der Waals surface area contributed by atoms with E-state index in [2.05, 4.69) is 17.2 Å². The molecule has 0 aliphatic heterocycles. The number of pyridine rings is 1. The van der Waals surface area contributed by atoms with Crippen molar-refractivity contribution in [3.8, 4) is 5.75 Å². The number of nitrogens with one attached hydrogen (secondary N) is 1. The van der Waals surface area contributed by atoms with Gasteiger partial charge in [0.2, 0.25) is 0 Å². The molecule has 18 heavy (non-hydrogen) atoms. The Labute approximate surface area is 108 Å². The van der Waals surface area contributed by atoms with Gasteiger partial charge in [-0.2, -0.15) is 0 Å². The number of ether oxygens (including phenoxy) is 1. The minimum Gasteiger partial charge on any atom is -0.487 e. The van der Waals surface area contributed by atoms with Crippen molar-refractivity contribution in [3.63, 3.8) is 0 Å². The van der Waals surface area contributed by atoms with Gasteiger partial charge in [0.15, 0.2) is 0 Å². The summed E-state index contributed by atoms with van der Waals surface area (Å²) in [6, 6.07) is 14.1. The Morgan fingerprint density at radius 2 is 1.94 bits per heavy atom. The van der Waals surface area contributed by atoms with Gasteiger partial charge in [-0.25, -0.2) is 0 Å². The van der Waals surface area contributed by atoms with Gasteiger partial charge in [0.25, 0.3) is 0 Å². The predicted octanol–water partition coefficient (Wildman–Crippen LogP) is 2.77. The lowest BCUT2D eigenvalue weighted by Gasteiger charge is -2.07. The summed E-state index contributed by atoms with van der Waals surface area (Å²) in [4.78, 5) is 4.34. The van der Waals surface area contributed by atoms with Crippen LogP contribution in [-0.2, 0) is 13.2 Å².